The summed E-state index contributed by atoms with van der Waals surface area (Å²) in [7, 11) is 4.56. The molecule has 1 N–H and O–H groups in total. The summed E-state index contributed by atoms with van der Waals surface area (Å²) in [6, 6.07) is 7.92. The number of rotatable bonds is 7. The van der Waals surface area contributed by atoms with E-state index in [9.17, 15) is 13.9 Å². The Balaban J connectivity index is 2.40. The zero-order chi connectivity index (χ0) is 18.6. The van der Waals surface area contributed by atoms with Crippen LogP contribution < -0.4 is 18.9 Å². The third-order valence-electron chi connectivity index (χ3n) is 3.89. The molecule has 2 aromatic rings. The lowest BCUT2D eigenvalue weighted by molar-refractivity contribution is -0.0512. The summed E-state index contributed by atoms with van der Waals surface area (Å²) in [5.74, 6) is 0.703. The average molecular weight is 354 g/mol. The van der Waals surface area contributed by atoms with E-state index in [0.717, 1.165) is 5.56 Å². The number of hydrogen-bond acceptors (Lipinski definition) is 5. The first-order chi connectivity index (χ1) is 11.9. The molecule has 2 rings (SSSR count). The lowest BCUT2D eigenvalue weighted by Gasteiger charge is -2.18. The Kier molecular flexibility index (Phi) is 5.90. The maximum Gasteiger partial charge on any atom is 0.387 e. The van der Waals surface area contributed by atoms with Gasteiger partial charge in [-0.25, -0.2) is 0 Å². The first-order valence-corrected chi connectivity index (χ1v) is 7.48. The van der Waals surface area contributed by atoms with Gasteiger partial charge in [-0.15, -0.1) is 0 Å². The molecule has 0 bridgehead atoms. The van der Waals surface area contributed by atoms with E-state index in [4.69, 9.17) is 14.2 Å². The number of methoxy groups -OCH3 is 3. The molecule has 5 nitrogen and oxygen atoms in total. The number of phenols is 1. The van der Waals surface area contributed by atoms with Gasteiger partial charge < -0.3 is 24.1 Å². The summed E-state index contributed by atoms with van der Waals surface area (Å²) in [6.45, 7) is -1.09. The summed E-state index contributed by atoms with van der Waals surface area (Å²) < 4.78 is 44.8. The van der Waals surface area contributed by atoms with Crippen molar-refractivity contribution in [3.05, 3.63) is 41.5 Å². The molecule has 0 saturated heterocycles. The van der Waals surface area contributed by atoms with Crippen molar-refractivity contribution < 1.29 is 32.8 Å². The fourth-order valence-electron chi connectivity index (χ4n) is 2.54. The van der Waals surface area contributed by atoms with Crippen LogP contribution in [0, 0.1) is 0 Å². The number of hydrogen-bond donors (Lipinski definition) is 1. The second kappa shape index (κ2) is 7.92. The molecule has 136 valence electrons. The van der Waals surface area contributed by atoms with Gasteiger partial charge in [0.25, 0.3) is 0 Å². The lowest BCUT2D eigenvalue weighted by atomic mass is 9.92. The Morgan fingerprint density at radius 2 is 1.44 bits per heavy atom. The molecule has 1 atom stereocenters. The van der Waals surface area contributed by atoms with E-state index in [0.29, 0.717) is 22.8 Å². The van der Waals surface area contributed by atoms with Gasteiger partial charge in [-0.2, -0.15) is 8.78 Å². The Morgan fingerprint density at radius 3 is 1.88 bits per heavy atom. The predicted octanol–water partition coefficient (Wildman–Crippen LogP) is 4.17. The van der Waals surface area contributed by atoms with Crippen molar-refractivity contribution in [2.24, 2.45) is 0 Å². The standard InChI is InChI=1S/C18H20F2O5/c1-10(11-5-6-14(13(21)7-11)25-18(19)20)12-8-15(22-2)17(24-4)16(9-12)23-3/h5-10,18,21H,1-4H3. The van der Waals surface area contributed by atoms with Crippen LogP contribution in [0.2, 0.25) is 0 Å². The lowest BCUT2D eigenvalue weighted by Crippen LogP contribution is -2.03. The van der Waals surface area contributed by atoms with Crippen LogP contribution in [0.25, 0.3) is 0 Å². The largest absolute Gasteiger partial charge is 0.504 e. The van der Waals surface area contributed by atoms with Crippen LogP contribution in [-0.4, -0.2) is 33.0 Å². The van der Waals surface area contributed by atoms with E-state index in [1.165, 1.54) is 33.5 Å². The summed E-state index contributed by atoms with van der Waals surface area (Å²) >= 11 is 0. The van der Waals surface area contributed by atoms with Crippen molar-refractivity contribution in [1.82, 2.24) is 0 Å². The predicted molar refractivity (Wildman–Crippen MR) is 88.4 cm³/mol. The molecule has 2 aromatic carbocycles. The number of aromatic hydroxyl groups is 1. The molecule has 1 unspecified atom stereocenters. The molecule has 7 heteroatoms. The molecular formula is C18H20F2O5. The number of halogens is 2. The summed E-state index contributed by atoms with van der Waals surface area (Å²) in [5.41, 5.74) is 1.56. The molecule has 25 heavy (non-hydrogen) atoms. The van der Waals surface area contributed by atoms with Crippen molar-refractivity contribution in [3.63, 3.8) is 0 Å². The molecule has 0 fully saturated rings. The molecule has 0 aliphatic carbocycles. The molecule has 0 aliphatic heterocycles. The fraction of sp³-hybridized carbons (Fsp3) is 0.333. The maximum atomic E-state index is 12.3. The third kappa shape index (κ3) is 4.04. The third-order valence-corrected chi connectivity index (χ3v) is 3.89. The highest BCUT2D eigenvalue weighted by molar-refractivity contribution is 5.56. The number of alkyl halides is 2. The van der Waals surface area contributed by atoms with E-state index in [1.54, 1.807) is 18.2 Å². The number of phenolic OH excluding ortho intramolecular Hbond substituents is 1. The summed E-state index contributed by atoms with van der Waals surface area (Å²) in [6.07, 6.45) is 0. The van der Waals surface area contributed by atoms with Gasteiger partial charge in [0.2, 0.25) is 5.75 Å². The maximum absolute atomic E-state index is 12.3. The highest BCUT2D eigenvalue weighted by Gasteiger charge is 2.19. The second-order valence-electron chi connectivity index (χ2n) is 5.29. The van der Waals surface area contributed by atoms with E-state index < -0.39 is 6.61 Å². The molecule has 0 saturated carbocycles. The Labute approximate surface area is 144 Å². The zero-order valence-electron chi connectivity index (χ0n) is 14.4. The normalized spacial score (nSPS) is 12.0. The average Bonchev–Trinajstić information content (AvgIpc) is 2.61. The van der Waals surface area contributed by atoms with Crippen molar-refractivity contribution >= 4 is 0 Å². The van der Waals surface area contributed by atoms with E-state index in [-0.39, 0.29) is 17.4 Å². The minimum atomic E-state index is -3.00. The zero-order valence-corrected chi connectivity index (χ0v) is 14.4. The van der Waals surface area contributed by atoms with Crippen molar-refractivity contribution in [3.8, 4) is 28.7 Å². The van der Waals surface area contributed by atoms with E-state index >= 15 is 0 Å². The highest BCUT2D eigenvalue weighted by atomic mass is 19.3. The van der Waals surface area contributed by atoms with Crippen LogP contribution in [0.1, 0.15) is 24.0 Å². The molecule has 0 spiro atoms. The molecule has 0 aliphatic rings. The van der Waals surface area contributed by atoms with Crippen LogP contribution in [0.15, 0.2) is 30.3 Å². The van der Waals surface area contributed by atoms with Gasteiger partial charge in [-0.1, -0.05) is 13.0 Å². The monoisotopic (exact) mass is 354 g/mol. The number of benzene rings is 2. The minimum Gasteiger partial charge on any atom is -0.504 e. The highest BCUT2D eigenvalue weighted by Crippen LogP contribution is 2.42. The smallest absolute Gasteiger partial charge is 0.387 e. The quantitative estimate of drug-likeness (QED) is 0.809. The van der Waals surface area contributed by atoms with Crippen molar-refractivity contribution in [2.75, 3.05) is 21.3 Å². The SMILES string of the molecule is COc1cc(C(C)c2ccc(OC(F)F)c(O)c2)cc(OC)c1OC. The molecular weight excluding hydrogens is 334 g/mol. The Morgan fingerprint density at radius 1 is 0.840 bits per heavy atom. The molecule has 0 radical (unpaired) electrons. The van der Waals surface area contributed by atoms with Gasteiger partial charge >= 0.3 is 6.61 Å². The van der Waals surface area contributed by atoms with Crippen molar-refractivity contribution in [1.29, 1.82) is 0 Å². The van der Waals surface area contributed by atoms with E-state index in [2.05, 4.69) is 4.74 Å². The minimum absolute atomic E-state index is 0.166. The first kappa shape index (κ1) is 18.6. The van der Waals surface area contributed by atoms with Gasteiger partial charge in [-0.05, 0) is 35.4 Å². The van der Waals surface area contributed by atoms with Gasteiger partial charge in [0.05, 0.1) is 21.3 Å². The first-order valence-electron chi connectivity index (χ1n) is 7.48. The van der Waals surface area contributed by atoms with E-state index in [1.807, 2.05) is 6.92 Å². The second-order valence-corrected chi connectivity index (χ2v) is 5.29. The topological polar surface area (TPSA) is 57.2 Å². The number of ether oxygens (including phenoxy) is 4. The van der Waals surface area contributed by atoms with Gasteiger partial charge in [0.15, 0.2) is 23.0 Å². The molecule has 0 amide bonds. The summed E-state index contributed by atoms with van der Waals surface area (Å²) in [5, 5.41) is 9.89. The van der Waals surface area contributed by atoms with Crippen molar-refractivity contribution in [2.45, 2.75) is 19.5 Å². The Bertz CT molecular complexity index is 708. The Hall–Kier alpha value is -2.70. The van der Waals surface area contributed by atoms with Gasteiger partial charge in [-0.3, -0.25) is 0 Å². The van der Waals surface area contributed by atoms with Crippen LogP contribution in [0.5, 0.6) is 28.7 Å². The molecule has 0 heterocycles. The van der Waals surface area contributed by atoms with Crippen LogP contribution in [0.4, 0.5) is 8.78 Å². The van der Waals surface area contributed by atoms with Crippen LogP contribution in [-0.2, 0) is 0 Å². The van der Waals surface area contributed by atoms with Crippen LogP contribution >= 0.6 is 0 Å². The van der Waals surface area contributed by atoms with Gasteiger partial charge in [0.1, 0.15) is 0 Å². The van der Waals surface area contributed by atoms with Gasteiger partial charge in [0, 0.05) is 5.92 Å². The van der Waals surface area contributed by atoms with Crippen LogP contribution in [0.3, 0.4) is 0 Å². The fourth-order valence-corrected chi connectivity index (χ4v) is 2.54. The molecule has 0 aromatic heterocycles. The summed E-state index contributed by atoms with van der Waals surface area (Å²) in [4.78, 5) is 0.